The lowest BCUT2D eigenvalue weighted by atomic mass is 10.1. The van der Waals surface area contributed by atoms with Gasteiger partial charge in [0.25, 0.3) is 0 Å². The van der Waals surface area contributed by atoms with Gasteiger partial charge in [0.2, 0.25) is 15.9 Å². The van der Waals surface area contributed by atoms with Crippen molar-refractivity contribution in [1.29, 1.82) is 0 Å². The molecule has 8 heteroatoms. The van der Waals surface area contributed by atoms with Crippen molar-refractivity contribution in [2.45, 2.75) is 19.8 Å². The van der Waals surface area contributed by atoms with Crippen molar-refractivity contribution in [2.24, 2.45) is 5.92 Å². The summed E-state index contributed by atoms with van der Waals surface area (Å²) in [5.74, 6) is -0.265. The molecule has 0 saturated carbocycles. The molecule has 0 spiro atoms. The standard InChI is InChI=1S/C12H24N2O5S/c1-11(2-6-15)10-13-12(16)3-9-20(17,18)14-4-7-19-8-5-14/h11,15H,2-10H2,1H3,(H,13,16). The van der Waals surface area contributed by atoms with Crippen molar-refractivity contribution in [3.05, 3.63) is 0 Å². The zero-order chi connectivity index (χ0) is 15.0. The maximum atomic E-state index is 12.0. The number of carbonyl (C=O) groups excluding carboxylic acids is 1. The Labute approximate surface area is 120 Å². The Balaban J connectivity index is 2.28. The van der Waals surface area contributed by atoms with Crippen LogP contribution in [0.25, 0.3) is 0 Å². The van der Waals surface area contributed by atoms with E-state index in [2.05, 4.69) is 5.32 Å². The number of rotatable bonds is 8. The normalized spacial score (nSPS) is 18.7. The molecule has 0 aromatic rings. The molecule has 1 heterocycles. The van der Waals surface area contributed by atoms with Gasteiger partial charge in [-0.05, 0) is 12.3 Å². The van der Waals surface area contributed by atoms with Gasteiger partial charge in [0.1, 0.15) is 0 Å². The quantitative estimate of drug-likeness (QED) is 0.610. The number of carbonyl (C=O) groups is 1. The summed E-state index contributed by atoms with van der Waals surface area (Å²) in [6.07, 6.45) is 0.581. The van der Waals surface area contributed by atoms with Crippen molar-refractivity contribution >= 4 is 15.9 Å². The van der Waals surface area contributed by atoms with Gasteiger partial charge in [-0.25, -0.2) is 8.42 Å². The van der Waals surface area contributed by atoms with E-state index in [9.17, 15) is 13.2 Å². The van der Waals surface area contributed by atoms with E-state index in [0.29, 0.717) is 39.3 Å². The third kappa shape index (κ3) is 6.17. The summed E-state index contributed by atoms with van der Waals surface area (Å²) in [7, 11) is -3.37. The second-order valence-corrected chi connectivity index (χ2v) is 7.09. The fourth-order valence-corrected chi connectivity index (χ4v) is 3.28. The van der Waals surface area contributed by atoms with Crippen LogP contribution in [-0.4, -0.2) is 68.9 Å². The van der Waals surface area contributed by atoms with E-state index in [4.69, 9.17) is 9.84 Å². The number of ether oxygens (including phenoxy) is 1. The highest BCUT2D eigenvalue weighted by atomic mass is 32.2. The van der Waals surface area contributed by atoms with Gasteiger partial charge < -0.3 is 15.2 Å². The molecule has 0 aromatic heterocycles. The molecule has 0 bridgehead atoms. The molecule has 0 aromatic carbocycles. The number of amides is 1. The lowest BCUT2D eigenvalue weighted by Crippen LogP contribution is -2.42. The first-order valence-corrected chi connectivity index (χ1v) is 8.49. The van der Waals surface area contributed by atoms with Crippen molar-refractivity contribution in [2.75, 3.05) is 45.2 Å². The van der Waals surface area contributed by atoms with Gasteiger partial charge in [0.05, 0.1) is 19.0 Å². The largest absolute Gasteiger partial charge is 0.396 e. The average Bonchev–Trinajstić information content (AvgIpc) is 2.44. The topological polar surface area (TPSA) is 95.9 Å². The number of morpholine rings is 1. The van der Waals surface area contributed by atoms with Crippen LogP contribution < -0.4 is 5.32 Å². The monoisotopic (exact) mass is 308 g/mol. The third-order valence-corrected chi connectivity index (χ3v) is 5.09. The van der Waals surface area contributed by atoms with Crippen molar-refractivity contribution < 1.29 is 23.1 Å². The molecule has 1 atom stereocenters. The van der Waals surface area contributed by atoms with Crippen LogP contribution in [0.15, 0.2) is 0 Å². The fraction of sp³-hybridized carbons (Fsp3) is 0.917. The molecule has 1 aliphatic heterocycles. The van der Waals surface area contributed by atoms with Gasteiger partial charge in [-0.1, -0.05) is 6.92 Å². The van der Waals surface area contributed by atoms with Gasteiger partial charge >= 0.3 is 0 Å². The Bertz CT molecular complexity index is 393. The molecule has 1 rings (SSSR count). The minimum absolute atomic E-state index is 0.0362. The lowest BCUT2D eigenvalue weighted by Gasteiger charge is -2.25. The van der Waals surface area contributed by atoms with Crippen molar-refractivity contribution in [3.8, 4) is 0 Å². The molecule has 1 amide bonds. The number of aliphatic hydroxyl groups is 1. The second kappa shape index (κ2) is 8.56. The van der Waals surface area contributed by atoms with Crippen LogP contribution in [0.1, 0.15) is 19.8 Å². The first-order chi connectivity index (χ1) is 9.45. The number of nitrogens with one attached hydrogen (secondary N) is 1. The van der Waals surface area contributed by atoms with Crippen LogP contribution in [0, 0.1) is 5.92 Å². The summed E-state index contributed by atoms with van der Waals surface area (Å²) >= 11 is 0. The molecule has 1 saturated heterocycles. The number of aliphatic hydroxyl groups excluding tert-OH is 1. The summed E-state index contributed by atoms with van der Waals surface area (Å²) in [5, 5.41) is 11.4. The number of sulfonamides is 1. The molecule has 1 unspecified atom stereocenters. The number of hydrogen-bond donors (Lipinski definition) is 2. The minimum Gasteiger partial charge on any atom is -0.396 e. The first-order valence-electron chi connectivity index (χ1n) is 6.89. The highest BCUT2D eigenvalue weighted by molar-refractivity contribution is 7.89. The Hall–Kier alpha value is -0.700. The highest BCUT2D eigenvalue weighted by Gasteiger charge is 2.24. The summed E-state index contributed by atoms with van der Waals surface area (Å²) < 4.78 is 30.5. The van der Waals surface area contributed by atoms with E-state index >= 15 is 0 Å². The number of hydrogen-bond acceptors (Lipinski definition) is 5. The predicted octanol–water partition coefficient (Wildman–Crippen LogP) is -0.827. The molecule has 1 fully saturated rings. The Morgan fingerprint density at radius 2 is 2.05 bits per heavy atom. The molecule has 2 N–H and O–H groups in total. The SMILES string of the molecule is CC(CCO)CNC(=O)CCS(=O)(=O)N1CCOCC1. The molecule has 20 heavy (non-hydrogen) atoms. The molecule has 0 radical (unpaired) electrons. The highest BCUT2D eigenvalue weighted by Crippen LogP contribution is 2.07. The van der Waals surface area contributed by atoms with Crippen molar-refractivity contribution in [1.82, 2.24) is 9.62 Å². The molecule has 7 nitrogen and oxygen atoms in total. The first kappa shape index (κ1) is 17.4. The minimum atomic E-state index is -3.37. The Morgan fingerprint density at radius 3 is 2.65 bits per heavy atom. The number of nitrogens with zero attached hydrogens (tertiary/aromatic N) is 1. The zero-order valence-corrected chi connectivity index (χ0v) is 12.7. The Morgan fingerprint density at radius 1 is 1.40 bits per heavy atom. The van der Waals surface area contributed by atoms with Crippen LogP contribution in [-0.2, 0) is 19.6 Å². The summed E-state index contributed by atoms with van der Waals surface area (Å²) in [5.41, 5.74) is 0. The summed E-state index contributed by atoms with van der Waals surface area (Å²) in [6.45, 7) is 3.99. The third-order valence-electron chi connectivity index (χ3n) is 3.22. The van der Waals surface area contributed by atoms with E-state index in [1.165, 1.54) is 4.31 Å². The van der Waals surface area contributed by atoms with Gasteiger partial charge in [0, 0.05) is 32.7 Å². The van der Waals surface area contributed by atoms with E-state index in [-0.39, 0.29) is 30.6 Å². The van der Waals surface area contributed by atoms with Crippen LogP contribution in [0.4, 0.5) is 0 Å². The summed E-state index contributed by atoms with van der Waals surface area (Å²) in [6, 6.07) is 0. The maximum absolute atomic E-state index is 12.0. The van der Waals surface area contributed by atoms with Crippen LogP contribution in [0.3, 0.4) is 0 Å². The van der Waals surface area contributed by atoms with Gasteiger partial charge in [0.15, 0.2) is 0 Å². The van der Waals surface area contributed by atoms with E-state index < -0.39 is 10.0 Å². The summed E-state index contributed by atoms with van der Waals surface area (Å²) in [4.78, 5) is 11.6. The zero-order valence-electron chi connectivity index (χ0n) is 11.9. The van der Waals surface area contributed by atoms with Crippen LogP contribution in [0.5, 0.6) is 0 Å². The van der Waals surface area contributed by atoms with Gasteiger partial charge in [-0.2, -0.15) is 4.31 Å². The molecule has 118 valence electrons. The molecular formula is C12H24N2O5S. The van der Waals surface area contributed by atoms with Crippen LogP contribution >= 0.6 is 0 Å². The fourth-order valence-electron chi connectivity index (χ4n) is 1.87. The van der Waals surface area contributed by atoms with E-state index in [1.807, 2.05) is 6.92 Å². The van der Waals surface area contributed by atoms with E-state index in [0.717, 1.165) is 0 Å². The van der Waals surface area contributed by atoms with E-state index in [1.54, 1.807) is 0 Å². The maximum Gasteiger partial charge on any atom is 0.221 e. The molecular weight excluding hydrogens is 284 g/mol. The lowest BCUT2D eigenvalue weighted by molar-refractivity contribution is -0.120. The predicted molar refractivity (Wildman–Crippen MR) is 74.7 cm³/mol. The second-order valence-electron chi connectivity index (χ2n) is 5.00. The average molecular weight is 308 g/mol. The molecule has 1 aliphatic rings. The van der Waals surface area contributed by atoms with Gasteiger partial charge in [-0.15, -0.1) is 0 Å². The van der Waals surface area contributed by atoms with Crippen molar-refractivity contribution in [3.63, 3.8) is 0 Å². The molecule has 0 aliphatic carbocycles. The van der Waals surface area contributed by atoms with Crippen LogP contribution in [0.2, 0.25) is 0 Å². The van der Waals surface area contributed by atoms with Gasteiger partial charge in [-0.3, -0.25) is 4.79 Å². The smallest absolute Gasteiger partial charge is 0.221 e. The Kier molecular flexibility index (Phi) is 7.42.